The Hall–Kier alpha value is -2.55. The minimum Gasteiger partial charge on any atom is -0.237 e. The monoisotopic (exact) mass is 251 g/mol. The molecular weight excluding hydrogens is 234 g/mol. The van der Waals surface area contributed by atoms with Crippen molar-refractivity contribution in [2.24, 2.45) is 15.0 Å². The maximum absolute atomic E-state index is 4.40. The normalized spacial score (nSPS) is 19.2. The third-order valence-electron chi connectivity index (χ3n) is 2.28. The van der Waals surface area contributed by atoms with Crippen molar-refractivity contribution in [3.05, 3.63) is 74.0 Å². The van der Waals surface area contributed by atoms with Crippen LogP contribution in [0.4, 0.5) is 0 Å². The fourth-order valence-corrected chi connectivity index (χ4v) is 1.45. The zero-order chi connectivity index (χ0) is 14.1. The van der Waals surface area contributed by atoms with Gasteiger partial charge in [0.1, 0.15) is 0 Å². The molecule has 3 heteroatoms. The second-order valence-corrected chi connectivity index (χ2v) is 3.57. The zero-order valence-corrected chi connectivity index (χ0v) is 10.9. The molecule has 0 aromatic rings. The highest BCUT2D eigenvalue weighted by molar-refractivity contribution is 6.19. The van der Waals surface area contributed by atoms with Crippen LogP contribution in [0.15, 0.2) is 89.0 Å². The summed E-state index contributed by atoms with van der Waals surface area (Å²) in [5.41, 5.74) is 1.75. The molecule has 0 N–H and O–H groups in total. The number of amidine groups is 2. The van der Waals surface area contributed by atoms with Crippen LogP contribution < -0.4 is 0 Å². The molecular formula is C16H17N3. The van der Waals surface area contributed by atoms with Gasteiger partial charge in [-0.15, -0.1) is 6.58 Å². The molecule has 0 fully saturated rings. The second-order valence-electron chi connectivity index (χ2n) is 3.57. The first-order valence-corrected chi connectivity index (χ1v) is 5.85. The minimum absolute atomic E-state index is 0.561. The minimum atomic E-state index is 0.561. The van der Waals surface area contributed by atoms with E-state index in [4.69, 9.17) is 0 Å². The van der Waals surface area contributed by atoms with Gasteiger partial charge in [0, 0.05) is 23.6 Å². The van der Waals surface area contributed by atoms with E-state index in [9.17, 15) is 0 Å². The number of nitrogens with zero attached hydrogens (tertiary/aromatic N) is 3. The van der Waals surface area contributed by atoms with Crippen LogP contribution in [0, 0.1) is 0 Å². The van der Waals surface area contributed by atoms with Crippen LogP contribution in [-0.2, 0) is 0 Å². The fourth-order valence-electron chi connectivity index (χ4n) is 1.45. The van der Waals surface area contributed by atoms with E-state index in [1.165, 1.54) is 6.20 Å². The van der Waals surface area contributed by atoms with Gasteiger partial charge in [-0.2, -0.15) is 0 Å². The van der Waals surface area contributed by atoms with Crippen molar-refractivity contribution < 1.29 is 0 Å². The highest BCUT2D eigenvalue weighted by Gasteiger charge is 2.14. The van der Waals surface area contributed by atoms with Gasteiger partial charge in [-0.05, 0) is 12.5 Å². The van der Waals surface area contributed by atoms with Crippen molar-refractivity contribution in [3.63, 3.8) is 0 Å². The lowest BCUT2D eigenvalue weighted by molar-refractivity contribution is 1.35. The van der Waals surface area contributed by atoms with Gasteiger partial charge in [0.2, 0.25) is 0 Å². The number of hydrogen-bond acceptors (Lipinski definition) is 2. The molecule has 0 aliphatic carbocycles. The van der Waals surface area contributed by atoms with Crippen LogP contribution in [-0.4, -0.2) is 17.9 Å². The van der Waals surface area contributed by atoms with Gasteiger partial charge in [-0.25, -0.2) is 15.0 Å². The third-order valence-corrected chi connectivity index (χ3v) is 2.28. The highest BCUT2D eigenvalue weighted by Crippen LogP contribution is 2.17. The molecule has 0 aromatic carbocycles. The number of hydrogen-bond donors (Lipinski definition) is 0. The summed E-state index contributed by atoms with van der Waals surface area (Å²) in [6, 6.07) is 0. The van der Waals surface area contributed by atoms with E-state index >= 15 is 0 Å². The van der Waals surface area contributed by atoms with Crippen molar-refractivity contribution in [3.8, 4) is 0 Å². The Morgan fingerprint density at radius 3 is 2.58 bits per heavy atom. The standard InChI is InChI=1S/C16H17N3/c1-5-9-10-14-12-13(7-3)15(18-11-6-2)19-16(14)17-8-4/h5-8,10-12H,1-4,9H2/b14-10-,17-16+,18-11-. The van der Waals surface area contributed by atoms with E-state index in [2.05, 4.69) is 41.3 Å². The van der Waals surface area contributed by atoms with Gasteiger partial charge in [0.15, 0.2) is 11.7 Å². The van der Waals surface area contributed by atoms with E-state index < -0.39 is 0 Å². The van der Waals surface area contributed by atoms with Crippen molar-refractivity contribution in [1.82, 2.24) is 0 Å². The van der Waals surface area contributed by atoms with Crippen molar-refractivity contribution in [2.45, 2.75) is 6.42 Å². The van der Waals surface area contributed by atoms with Crippen LogP contribution in [0.3, 0.4) is 0 Å². The first kappa shape index (κ1) is 14.5. The molecule has 96 valence electrons. The van der Waals surface area contributed by atoms with E-state index in [0.717, 1.165) is 17.6 Å². The molecule has 3 nitrogen and oxygen atoms in total. The lowest BCUT2D eigenvalue weighted by Gasteiger charge is -2.12. The summed E-state index contributed by atoms with van der Waals surface area (Å²) in [6.45, 7) is 14.7. The average molecular weight is 251 g/mol. The molecule has 0 amide bonds. The summed E-state index contributed by atoms with van der Waals surface area (Å²) in [5, 5.41) is 0. The molecule has 0 saturated carbocycles. The predicted molar refractivity (Wildman–Crippen MR) is 84.9 cm³/mol. The number of aliphatic imine (C=N–C) groups is 3. The predicted octanol–water partition coefficient (Wildman–Crippen LogP) is 3.81. The van der Waals surface area contributed by atoms with Crippen LogP contribution in [0.5, 0.6) is 0 Å². The molecule has 0 spiro atoms. The molecule has 0 aromatic heterocycles. The van der Waals surface area contributed by atoms with Crippen molar-refractivity contribution >= 4 is 17.9 Å². The topological polar surface area (TPSA) is 37.1 Å². The maximum atomic E-state index is 4.40. The summed E-state index contributed by atoms with van der Waals surface area (Å²) in [7, 11) is 0. The van der Waals surface area contributed by atoms with E-state index in [1.807, 2.05) is 18.2 Å². The average Bonchev–Trinajstić information content (AvgIpc) is 2.44. The maximum Gasteiger partial charge on any atom is 0.161 e. The van der Waals surface area contributed by atoms with E-state index in [-0.39, 0.29) is 0 Å². The quantitative estimate of drug-likeness (QED) is 0.526. The van der Waals surface area contributed by atoms with Crippen LogP contribution in [0.1, 0.15) is 6.42 Å². The van der Waals surface area contributed by atoms with Gasteiger partial charge in [0.25, 0.3) is 0 Å². The lowest BCUT2D eigenvalue weighted by Crippen LogP contribution is -2.11. The molecule has 1 heterocycles. The van der Waals surface area contributed by atoms with E-state index in [0.29, 0.717) is 11.7 Å². The fraction of sp³-hybridized carbons (Fsp3) is 0.0625. The molecule has 1 aliphatic rings. The Morgan fingerprint density at radius 1 is 1.21 bits per heavy atom. The molecule has 0 bridgehead atoms. The van der Waals surface area contributed by atoms with Crippen molar-refractivity contribution in [1.29, 1.82) is 0 Å². The number of dihydropyridines is 1. The molecule has 0 radical (unpaired) electrons. The SMILES string of the molecule is C=C/C=N\C1=NC(=N/C=C)/C(=C\CC=C)C=C1C=C. The van der Waals surface area contributed by atoms with Gasteiger partial charge < -0.3 is 0 Å². The Bertz CT molecular complexity index is 540. The molecule has 0 unspecified atom stereocenters. The Balaban J connectivity index is 3.27. The van der Waals surface area contributed by atoms with Crippen molar-refractivity contribution in [2.75, 3.05) is 0 Å². The first-order chi connectivity index (χ1) is 9.26. The third kappa shape index (κ3) is 4.00. The molecule has 1 aliphatic heterocycles. The smallest absolute Gasteiger partial charge is 0.161 e. The Morgan fingerprint density at radius 2 is 2.00 bits per heavy atom. The highest BCUT2D eigenvalue weighted by atomic mass is 15.0. The Kier molecular flexibility index (Phi) is 5.89. The summed E-state index contributed by atoms with van der Waals surface area (Å²) in [5.74, 6) is 1.14. The summed E-state index contributed by atoms with van der Waals surface area (Å²) < 4.78 is 0. The molecule has 19 heavy (non-hydrogen) atoms. The van der Waals surface area contributed by atoms with Gasteiger partial charge >= 0.3 is 0 Å². The molecule has 0 saturated heterocycles. The number of rotatable bonds is 5. The zero-order valence-electron chi connectivity index (χ0n) is 10.9. The van der Waals surface area contributed by atoms with Gasteiger partial charge in [0.05, 0.1) is 0 Å². The van der Waals surface area contributed by atoms with Crippen LogP contribution in [0.2, 0.25) is 0 Å². The van der Waals surface area contributed by atoms with Gasteiger partial charge in [-0.1, -0.05) is 44.0 Å². The molecule has 1 rings (SSSR count). The Labute approximate surface area is 114 Å². The van der Waals surface area contributed by atoms with Crippen LogP contribution >= 0.6 is 0 Å². The van der Waals surface area contributed by atoms with Crippen LogP contribution in [0.25, 0.3) is 0 Å². The molecule has 0 atom stereocenters. The largest absolute Gasteiger partial charge is 0.237 e. The first-order valence-electron chi connectivity index (χ1n) is 5.85. The summed E-state index contributed by atoms with van der Waals surface area (Å²) in [6.07, 6.45) is 12.9. The van der Waals surface area contributed by atoms with Gasteiger partial charge in [-0.3, -0.25) is 0 Å². The van der Waals surface area contributed by atoms with E-state index in [1.54, 1.807) is 18.4 Å². The second kappa shape index (κ2) is 7.71. The summed E-state index contributed by atoms with van der Waals surface area (Å²) >= 11 is 0. The lowest BCUT2D eigenvalue weighted by atomic mass is 10.0. The summed E-state index contributed by atoms with van der Waals surface area (Å²) in [4.78, 5) is 12.8. The number of allylic oxidation sites excluding steroid dienone is 3.